The number of aliphatic carboxylic acids is 1. The molecule has 1 N–H and O–H groups in total. The summed E-state index contributed by atoms with van der Waals surface area (Å²) in [6.45, 7) is 0. The molecule has 0 bridgehead atoms. The Morgan fingerprint density at radius 3 is 2.85 bits per heavy atom. The molecule has 0 unspecified atom stereocenters. The third-order valence-corrected chi connectivity index (χ3v) is 4.73. The molecule has 0 saturated heterocycles. The zero-order valence-corrected chi connectivity index (χ0v) is 9.72. The number of carboxylic acids is 1. The first-order valence-corrected chi connectivity index (χ1v) is 7.01. The van der Waals surface area contributed by atoms with Crippen molar-refractivity contribution >= 4 is 37.1 Å². The average Bonchev–Trinajstić information content (AvgIpc) is 2.15. The van der Waals surface area contributed by atoms with Gasteiger partial charge in [0, 0.05) is 0 Å². The van der Waals surface area contributed by atoms with E-state index in [1.807, 2.05) is 30.5 Å². The van der Waals surface area contributed by atoms with Crippen LogP contribution in [0.2, 0.25) is 5.32 Å². The quantitative estimate of drug-likeness (QED) is 0.654. The molecule has 13 heavy (non-hydrogen) atoms. The van der Waals surface area contributed by atoms with Crippen LogP contribution in [-0.2, 0) is 4.79 Å². The number of hydrogen-bond donors (Lipinski definition) is 1. The van der Waals surface area contributed by atoms with E-state index in [9.17, 15) is 4.79 Å². The fourth-order valence-electron chi connectivity index (χ4n) is 0.878. The molecule has 1 aromatic rings. The van der Waals surface area contributed by atoms with Gasteiger partial charge in [-0.2, -0.15) is 0 Å². The first kappa shape index (κ1) is 10.6. The summed E-state index contributed by atoms with van der Waals surface area (Å²) in [5, 5.41) is 8.82. The summed E-state index contributed by atoms with van der Waals surface area (Å²) < 4.78 is 1.19. The number of rotatable bonds is 4. The van der Waals surface area contributed by atoms with Gasteiger partial charge in [-0.05, 0) is 0 Å². The maximum absolute atomic E-state index is 10.4. The molecule has 1 aromatic carbocycles. The summed E-state index contributed by atoms with van der Waals surface area (Å²) in [7, 11) is 0. The molecule has 2 nitrogen and oxygen atoms in total. The van der Waals surface area contributed by atoms with E-state index in [2.05, 4.69) is 0 Å². The molecule has 0 aliphatic carbocycles. The second-order valence-corrected chi connectivity index (χ2v) is 5.32. The summed E-state index contributed by atoms with van der Waals surface area (Å²) >= 11 is 1.73. The van der Waals surface area contributed by atoms with E-state index in [-0.39, 0.29) is 20.3 Å². The Morgan fingerprint density at radius 1 is 1.54 bits per heavy atom. The summed E-state index contributed by atoms with van der Waals surface area (Å²) in [6, 6.07) is 7.98. The molecule has 70 valence electrons. The van der Waals surface area contributed by atoms with Crippen molar-refractivity contribution in [3.05, 3.63) is 24.3 Å². The Morgan fingerprint density at radius 2 is 2.23 bits per heavy atom. The predicted molar refractivity (Wildman–Crippen MR) is 56.1 cm³/mol. The number of thioether (sulfide) groups is 1. The van der Waals surface area contributed by atoms with Gasteiger partial charge in [0.2, 0.25) is 0 Å². The summed E-state index contributed by atoms with van der Waals surface area (Å²) in [6.07, 6.45) is 2.01. The van der Waals surface area contributed by atoms with E-state index in [1.54, 1.807) is 11.8 Å². The predicted octanol–water partition coefficient (Wildman–Crippen LogP) is 1.24. The van der Waals surface area contributed by atoms with Crippen molar-refractivity contribution < 1.29 is 9.90 Å². The van der Waals surface area contributed by atoms with E-state index in [1.165, 1.54) is 9.36 Å². The number of benzene rings is 1. The van der Waals surface area contributed by atoms with E-state index in [4.69, 9.17) is 5.11 Å². The summed E-state index contributed by atoms with van der Waals surface area (Å²) in [5.41, 5.74) is 0. The molecule has 1 rings (SSSR count). The van der Waals surface area contributed by atoms with Gasteiger partial charge in [-0.3, -0.25) is 0 Å². The van der Waals surface area contributed by atoms with Gasteiger partial charge in [0.05, 0.1) is 0 Å². The van der Waals surface area contributed by atoms with Crippen LogP contribution >= 0.6 is 11.8 Å². The molecular weight excluding hydrogens is 251 g/mol. The van der Waals surface area contributed by atoms with E-state index >= 15 is 0 Å². The zero-order chi connectivity index (χ0) is 9.68. The van der Waals surface area contributed by atoms with Crippen molar-refractivity contribution in [3.63, 3.8) is 0 Å². The number of carboxylic acid groups (broad SMARTS) is 1. The first-order chi connectivity index (χ1) is 6.24. The van der Waals surface area contributed by atoms with Crippen LogP contribution in [-0.4, -0.2) is 32.3 Å². The monoisotopic (exact) mass is 262 g/mol. The van der Waals surface area contributed by atoms with Crippen molar-refractivity contribution in [1.82, 2.24) is 0 Å². The standard InChI is InChI=1S/C9H10O2SSe/c1-12-7-4-2-3-5-8(7)13-6-9(10)11/h2-5H,6H2,1H3,(H,10,11). The van der Waals surface area contributed by atoms with Gasteiger partial charge in [-0.25, -0.2) is 0 Å². The van der Waals surface area contributed by atoms with Crippen LogP contribution in [0.15, 0.2) is 29.2 Å². The Labute approximate surface area is 87.9 Å². The van der Waals surface area contributed by atoms with Crippen LogP contribution in [0.5, 0.6) is 0 Å². The van der Waals surface area contributed by atoms with E-state index in [0.717, 1.165) is 0 Å². The Bertz CT molecular complexity index is 301. The number of hydrogen-bond acceptors (Lipinski definition) is 2. The Hall–Kier alpha value is -0.441. The summed E-state index contributed by atoms with van der Waals surface area (Å²) in [4.78, 5) is 11.6. The number of carbonyl (C=O) groups is 1. The minimum atomic E-state index is -0.712. The average molecular weight is 261 g/mol. The molecule has 0 aliphatic rings. The van der Waals surface area contributed by atoms with Gasteiger partial charge < -0.3 is 0 Å². The van der Waals surface area contributed by atoms with Gasteiger partial charge in [0.15, 0.2) is 0 Å². The molecule has 4 heteroatoms. The third-order valence-electron chi connectivity index (χ3n) is 1.42. The van der Waals surface area contributed by atoms with Crippen LogP contribution in [0, 0.1) is 0 Å². The van der Waals surface area contributed by atoms with Crippen molar-refractivity contribution in [3.8, 4) is 0 Å². The van der Waals surface area contributed by atoms with Crippen LogP contribution in [0.1, 0.15) is 0 Å². The van der Waals surface area contributed by atoms with Gasteiger partial charge in [0.25, 0.3) is 0 Å². The van der Waals surface area contributed by atoms with Crippen molar-refractivity contribution in [2.75, 3.05) is 6.26 Å². The van der Waals surface area contributed by atoms with E-state index < -0.39 is 5.97 Å². The molecule has 0 aromatic heterocycles. The molecule has 0 saturated carbocycles. The first-order valence-electron chi connectivity index (χ1n) is 3.71. The molecule has 0 heterocycles. The normalized spacial score (nSPS) is 9.92. The fraction of sp³-hybridized carbons (Fsp3) is 0.222. The summed E-state index contributed by atoms with van der Waals surface area (Å²) in [5.74, 6) is -0.712. The molecule has 0 aliphatic heterocycles. The molecule has 0 atom stereocenters. The molecule has 0 fully saturated rings. The fourth-order valence-corrected chi connectivity index (χ4v) is 3.59. The second-order valence-electron chi connectivity index (χ2n) is 2.33. The molecule has 0 radical (unpaired) electrons. The van der Waals surface area contributed by atoms with Gasteiger partial charge >= 0.3 is 87.8 Å². The molecular formula is C9H10O2SSe. The van der Waals surface area contributed by atoms with Crippen molar-refractivity contribution in [2.24, 2.45) is 0 Å². The van der Waals surface area contributed by atoms with Crippen LogP contribution in [0.4, 0.5) is 0 Å². The Kier molecular flexibility index (Phi) is 4.36. The van der Waals surface area contributed by atoms with Crippen LogP contribution in [0.25, 0.3) is 0 Å². The topological polar surface area (TPSA) is 37.3 Å². The zero-order valence-electron chi connectivity index (χ0n) is 7.19. The maximum atomic E-state index is 10.4. The van der Waals surface area contributed by atoms with Gasteiger partial charge in [-0.15, -0.1) is 0 Å². The van der Waals surface area contributed by atoms with Crippen LogP contribution < -0.4 is 4.46 Å². The van der Waals surface area contributed by atoms with Crippen molar-refractivity contribution in [2.45, 2.75) is 10.2 Å². The third kappa shape index (κ3) is 3.43. The second kappa shape index (κ2) is 5.32. The van der Waals surface area contributed by atoms with Crippen LogP contribution in [0.3, 0.4) is 0 Å². The van der Waals surface area contributed by atoms with Crippen molar-refractivity contribution in [1.29, 1.82) is 0 Å². The molecule has 0 spiro atoms. The minimum absolute atomic E-state index is 0.0609. The van der Waals surface area contributed by atoms with Gasteiger partial charge in [0.1, 0.15) is 0 Å². The SMILES string of the molecule is CSc1ccccc1[Se]CC(=O)O. The van der Waals surface area contributed by atoms with E-state index in [0.29, 0.717) is 0 Å². The van der Waals surface area contributed by atoms with Gasteiger partial charge in [-0.1, -0.05) is 0 Å². The molecule has 0 amide bonds. The Balaban J connectivity index is 2.69.